The second-order valence-corrected chi connectivity index (χ2v) is 2.62. The molecule has 0 saturated carbocycles. The minimum Gasteiger partial charge on any atom is -0.389 e. The van der Waals surface area contributed by atoms with Gasteiger partial charge in [-0.25, -0.2) is 0 Å². The molecule has 0 bridgehead atoms. The Morgan fingerprint density at radius 3 is 2.67 bits per heavy atom. The fourth-order valence-electron chi connectivity index (χ4n) is 1.10. The Kier molecular flexibility index (Phi) is 3.00. The van der Waals surface area contributed by atoms with Crippen molar-refractivity contribution in [2.75, 3.05) is 0 Å². The molecule has 0 amide bonds. The molecule has 1 rings (SSSR count). The Labute approximate surface area is 72.6 Å². The number of nitrogens with zero attached hydrogens (tertiary/aromatic N) is 1. The van der Waals surface area contributed by atoms with Gasteiger partial charge < -0.3 is 5.11 Å². The first-order chi connectivity index (χ1) is 5.75. The van der Waals surface area contributed by atoms with Crippen molar-refractivity contribution in [3.05, 3.63) is 29.8 Å². The summed E-state index contributed by atoms with van der Waals surface area (Å²) in [6.07, 6.45) is 1.27. The summed E-state index contributed by atoms with van der Waals surface area (Å²) in [7, 11) is 0. The van der Waals surface area contributed by atoms with E-state index in [1.54, 1.807) is 13.1 Å². The van der Waals surface area contributed by atoms with Crippen molar-refractivity contribution in [3.8, 4) is 0 Å². The number of rotatable bonds is 2. The molecule has 1 aromatic carbocycles. The molecule has 0 aliphatic rings. The zero-order valence-corrected chi connectivity index (χ0v) is 7.36. The average molecular weight is 163 g/mol. The molecule has 64 valence electrons. The summed E-state index contributed by atoms with van der Waals surface area (Å²) < 4.78 is 0. The van der Waals surface area contributed by atoms with Crippen molar-refractivity contribution in [2.24, 2.45) is 4.99 Å². The summed E-state index contributed by atoms with van der Waals surface area (Å²) in [4.78, 5) is 4.14. The molecule has 1 atom stereocenters. The first-order valence-electron chi connectivity index (χ1n) is 4.01. The molecule has 0 radical (unpaired) electrons. The molecule has 1 aromatic rings. The first-order valence-corrected chi connectivity index (χ1v) is 4.01. The molecule has 0 aliphatic carbocycles. The highest BCUT2D eigenvalue weighted by Gasteiger charge is 2.04. The molecule has 0 aromatic heterocycles. The van der Waals surface area contributed by atoms with Crippen molar-refractivity contribution in [3.63, 3.8) is 0 Å². The van der Waals surface area contributed by atoms with E-state index in [9.17, 15) is 5.11 Å². The highest BCUT2D eigenvalue weighted by atomic mass is 16.3. The highest BCUT2D eigenvalue weighted by Crippen LogP contribution is 2.24. The van der Waals surface area contributed by atoms with Crippen molar-refractivity contribution < 1.29 is 5.11 Å². The zero-order valence-electron chi connectivity index (χ0n) is 7.36. The molecule has 0 heterocycles. The average Bonchev–Trinajstić information content (AvgIpc) is 2.05. The first kappa shape index (κ1) is 8.94. The molecule has 0 spiro atoms. The molecule has 2 nitrogen and oxygen atoms in total. The van der Waals surface area contributed by atoms with E-state index < -0.39 is 6.10 Å². The van der Waals surface area contributed by atoms with Crippen molar-refractivity contribution in [1.29, 1.82) is 0 Å². The predicted molar refractivity (Wildman–Crippen MR) is 50.9 cm³/mol. The van der Waals surface area contributed by atoms with Crippen LogP contribution in [0.3, 0.4) is 0 Å². The lowest BCUT2D eigenvalue weighted by Gasteiger charge is -2.06. The minimum absolute atomic E-state index is 0.454. The molecule has 2 heteroatoms. The second kappa shape index (κ2) is 4.02. The van der Waals surface area contributed by atoms with Gasteiger partial charge in [-0.05, 0) is 19.9 Å². The fourth-order valence-corrected chi connectivity index (χ4v) is 1.10. The number of para-hydroxylation sites is 1. The lowest BCUT2D eigenvalue weighted by atomic mass is 10.1. The van der Waals surface area contributed by atoms with Gasteiger partial charge in [0.15, 0.2) is 0 Å². The summed E-state index contributed by atoms with van der Waals surface area (Å²) in [5, 5.41) is 9.36. The highest BCUT2D eigenvalue weighted by molar-refractivity contribution is 5.62. The number of hydrogen-bond acceptors (Lipinski definition) is 2. The lowest BCUT2D eigenvalue weighted by Crippen LogP contribution is -1.90. The van der Waals surface area contributed by atoms with E-state index in [0.29, 0.717) is 0 Å². The van der Waals surface area contributed by atoms with Gasteiger partial charge in [-0.15, -0.1) is 0 Å². The van der Waals surface area contributed by atoms with Gasteiger partial charge in [-0.2, -0.15) is 0 Å². The van der Waals surface area contributed by atoms with Crippen LogP contribution in [0.5, 0.6) is 0 Å². The van der Waals surface area contributed by atoms with E-state index in [1.165, 1.54) is 0 Å². The number of aliphatic imine (C=N–C) groups is 1. The maximum Gasteiger partial charge on any atom is 0.0782 e. The van der Waals surface area contributed by atoms with E-state index in [-0.39, 0.29) is 0 Å². The maximum absolute atomic E-state index is 9.36. The van der Waals surface area contributed by atoms with Crippen LogP contribution < -0.4 is 0 Å². The third-order valence-electron chi connectivity index (χ3n) is 1.66. The van der Waals surface area contributed by atoms with E-state index in [0.717, 1.165) is 11.3 Å². The van der Waals surface area contributed by atoms with Gasteiger partial charge in [0.05, 0.1) is 11.8 Å². The third-order valence-corrected chi connectivity index (χ3v) is 1.66. The summed E-state index contributed by atoms with van der Waals surface area (Å²) >= 11 is 0. The van der Waals surface area contributed by atoms with Gasteiger partial charge in [0.2, 0.25) is 0 Å². The Morgan fingerprint density at radius 2 is 2.08 bits per heavy atom. The molecule has 12 heavy (non-hydrogen) atoms. The Morgan fingerprint density at radius 1 is 1.42 bits per heavy atom. The minimum atomic E-state index is -0.454. The topological polar surface area (TPSA) is 32.6 Å². The van der Waals surface area contributed by atoms with Crippen molar-refractivity contribution >= 4 is 11.9 Å². The van der Waals surface area contributed by atoms with E-state index >= 15 is 0 Å². The molecular formula is C10H13NO. The summed E-state index contributed by atoms with van der Waals surface area (Å²) in [5.41, 5.74) is 1.71. The standard InChI is InChI=1S/C10H13NO/c1-3-11-10-7-5-4-6-9(10)8(2)12/h3-8,12H,1-2H3. The van der Waals surface area contributed by atoms with E-state index in [2.05, 4.69) is 4.99 Å². The molecule has 1 unspecified atom stereocenters. The number of aliphatic hydroxyl groups excluding tert-OH is 1. The van der Waals surface area contributed by atoms with Crippen LogP contribution in [0.1, 0.15) is 25.5 Å². The largest absolute Gasteiger partial charge is 0.389 e. The van der Waals surface area contributed by atoms with Crippen LogP contribution in [-0.4, -0.2) is 11.3 Å². The van der Waals surface area contributed by atoms with Gasteiger partial charge in [0, 0.05) is 11.8 Å². The zero-order chi connectivity index (χ0) is 8.97. The Balaban J connectivity index is 3.08. The van der Waals surface area contributed by atoms with Gasteiger partial charge in [0.1, 0.15) is 0 Å². The normalized spacial score (nSPS) is 13.6. The molecule has 0 fully saturated rings. The summed E-state index contributed by atoms with van der Waals surface area (Å²) in [6.45, 7) is 3.60. The van der Waals surface area contributed by atoms with Gasteiger partial charge >= 0.3 is 0 Å². The van der Waals surface area contributed by atoms with Crippen molar-refractivity contribution in [2.45, 2.75) is 20.0 Å². The number of hydrogen-bond donors (Lipinski definition) is 1. The monoisotopic (exact) mass is 163 g/mol. The quantitative estimate of drug-likeness (QED) is 0.667. The SMILES string of the molecule is CC=Nc1ccccc1C(C)O. The van der Waals surface area contributed by atoms with Crippen LogP contribution >= 0.6 is 0 Å². The third kappa shape index (κ3) is 1.92. The van der Waals surface area contributed by atoms with Crippen molar-refractivity contribution in [1.82, 2.24) is 0 Å². The van der Waals surface area contributed by atoms with Crippen LogP contribution in [0, 0.1) is 0 Å². The predicted octanol–water partition coefficient (Wildman–Crippen LogP) is 2.46. The smallest absolute Gasteiger partial charge is 0.0782 e. The fraction of sp³-hybridized carbons (Fsp3) is 0.300. The molecule has 0 saturated heterocycles. The maximum atomic E-state index is 9.36. The Bertz CT molecular complexity index is 279. The Hall–Kier alpha value is -1.15. The molecule has 1 N–H and O–H groups in total. The van der Waals surface area contributed by atoms with Gasteiger partial charge in [0.25, 0.3) is 0 Å². The summed E-state index contributed by atoms with van der Waals surface area (Å²) in [5.74, 6) is 0. The number of aliphatic hydroxyl groups is 1. The van der Waals surface area contributed by atoms with Gasteiger partial charge in [-0.3, -0.25) is 4.99 Å². The van der Waals surface area contributed by atoms with Crippen LogP contribution in [0.15, 0.2) is 29.3 Å². The summed E-state index contributed by atoms with van der Waals surface area (Å²) in [6, 6.07) is 7.58. The van der Waals surface area contributed by atoms with E-state index in [1.807, 2.05) is 31.2 Å². The lowest BCUT2D eigenvalue weighted by molar-refractivity contribution is 0.200. The van der Waals surface area contributed by atoms with Crippen LogP contribution in [0.2, 0.25) is 0 Å². The number of benzene rings is 1. The van der Waals surface area contributed by atoms with Crippen LogP contribution in [-0.2, 0) is 0 Å². The van der Waals surface area contributed by atoms with Crippen LogP contribution in [0.25, 0.3) is 0 Å². The van der Waals surface area contributed by atoms with Crippen LogP contribution in [0.4, 0.5) is 5.69 Å². The van der Waals surface area contributed by atoms with Gasteiger partial charge in [-0.1, -0.05) is 18.2 Å². The second-order valence-electron chi connectivity index (χ2n) is 2.62. The molecular weight excluding hydrogens is 150 g/mol. The van der Waals surface area contributed by atoms with E-state index in [4.69, 9.17) is 0 Å². The molecule has 0 aliphatic heterocycles.